The second-order valence-corrected chi connectivity index (χ2v) is 5.24. The van der Waals surface area contributed by atoms with E-state index in [4.69, 9.17) is 0 Å². The van der Waals surface area contributed by atoms with Crippen molar-refractivity contribution in [1.29, 1.82) is 0 Å². The number of hydrogen-bond acceptors (Lipinski definition) is 4. The highest BCUT2D eigenvalue weighted by Crippen LogP contribution is 2.27. The quantitative estimate of drug-likeness (QED) is 0.864. The molecule has 22 heavy (non-hydrogen) atoms. The maximum atomic E-state index is 12.6. The molecule has 2 heterocycles. The summed E-state index contributed by atoms with van der Waals surface area (Å²) in [6, 6.07) is 11.1. The summed E-state index contributed by atoms with van der Waals surface area (Å²) in [6.45, 7) is 0. The van der Waals surface area contributed by atoms with Gasteiger partial charge >= 0.3 is 0 Å². The molecule has 0 bridgehead atoms. The molecule has 1 aliphatic rings. The summed E-state index contributed by atoms with van der Waals surface area (Å²) >= 11 is 0. The maximum absolute atomic E-state index is 12.6. The van der Waals surface area contributed by atoms with Gasteiger partial charge in [0.1, 0.15) is 0 Å². The SMILES string of the molecule is O=C1/C(=C/c2ccccn2)CC(O)C/C1=C\c1ccccn1. The number of aliphatic hydroxyl groups is 1. The molecule has 0 spiro atoms. The van der Waals surface area contributed by atoms with Crippen LogP contribution in [0.15, 0.2) is 59.9 Å². The van der Waals surface area contributed by atoms with Gasteiger partial charge in [0.2, 0.25) is 0 Å². The lowest BCUT2D eigenvalue weighted by Crippen LogP contribution is -2.23. The fourth-order valence-electron chi connectivity index (χ4n) is 2.50. The van der Waals surface area contributed by atoms with E-state index in [0.29, 0.717) is 24.0 Å². The van der Waals surface area contributed by atoms with Gasteiger partial charge in [0.05, 0.1) is 17.5 Å². The summed E-state index contributed by atoms with van der Waals surface area (Å²) < 4.78 is 0. The van der Waals surface area contributed by atoms with Crippen LogP contribution < -0.4 is 0 Å². The molecule has 0 unspecified atom stereocenters. The largest absolute Gasteiger partial charge is 0.392 e. The lowest BCUT2D eigenvalue weighted by Gasteiger charge is -2.21. The van der Waals surface area contributed by atoms with Crippen molar-refractivity contribution in [2.24, 2.45) is 0 Å². The Bertz CT molecular complexity index is 660. The molecule has 0 aliphatic heterocycles. The van der Waals surface area contributed by atoms with Crippen molar-refractivity contribution in [2.75, 3.05) is 0 Å². The van der Waals surface area contributed by atoms with Crippen molar-refractivity contribution in [2.45, 2.75) is 18.9 Å². The van der Waals surface area contributed by atoms with E-state index >= 15 is 0 Å². The lowest BCUT2D eigenvalue weighted by atomic mass is 9.86. The number of hydrogen-bond donors (Lipinski definition) is 1. The van der Waals surface area contributed by atoms with Crippen LogP contribution >= 0.6 is 0 Å². The predicted octanol–water partition coefficient (Wildman–Crippen LogP) is 2.67. The van der Waals surface area contributed by atoms with Gasteiger partial charge in [0, 0.05) is 36.4 Å². The van der Waals surface area contributed by atoms with E-state index < -0.39 is 6.10 Å². The third kappa shape index (κ3) is 3.35. The topological polar surface area (TPSA) is 63.1 Å². The highest BCUT2D eigenvalue weighted by Gasteiger charge is 2.26. The normalized spacial score (nSPS) is 22.2. The summed E-state index contributed by atoms with van der Waals surface area (Å²) in [5, 5.41) is 10.0. The minimum absolute atomic E-state index is 0.0402. The second kappa shape index (κ2) is 6.45. The van der Waals surface area contributed by atoms with Crippen LogP contribution in [0.4, 0.5) is 0 Å². The number of carbonyl (C=O) groups excluding carboxylic acids is 1. The van der Waals surface area contributed by atoms with Crippen LogP contribution in [-0.4, -0.2) is 27.0 Å². The zero-order chi connectivity index (χ0) is 15.4. The van der Waals surface area contributed by atoms with Crippen LogP contribution in [0.2, 0.25) is 0 Å². The first-order valence-electron chi connectivity index (χ1n) is 7.18. The fraction of sp³-hybridized carbons (Fsp3) is 0.167. The highest BCUT2D eigenvalue weighted by atomic mass is 16.3. The van der Waals surface area contributed by atoms with Crippen LogP contribution in [0, 0.1) is 0 Å². The Morgan fingerprint density at radius 3 is 1.82 bits per heavy atom. The molecule has 0 aromatic carbocycles. The minimum atomic E-state index is -0.553. The monoisotopic (exact) mass is 292 g/mol. The van der Waals surface area contributed by atoms with Crippen molar-refractivity contribution in [3.8, 4) is 0 Å². The number of nitrogens with zero attached hydrogens (tertiary/aromatic N) is 2. The maximum Gasteiger partial charge on any atom is 0.185 e. The van der Waals surface area contributed by atoms with E-state index in [1.807, 2.05) is 36.4 Å². The van der Waals surface area contributed by atoms with E-state index in [2.05, 4.69) is 9.97 Å². The Morgan fingerprint density at radius 2 is 1.41 bits per heavy atom. The van der Waals surface area contributed by atoms with Gasteiger partial charge in [-0.05, 0) is 36.4 Å². The Labute approximate surface area is 128 Å². The van der Waals surface area contributed by atoms with Gasteiger partial charge in [-0.25, -0.2) is 0 Å². The van der Waals surface area contributed by atoms with Gasteiger partial charge in [0.15, 0.2) is 5.78 Å². The number of Topliss-reactive ketones (excluding diaryl/α,β-unsaturated/α-hetero) is 1. The molecule has 0 radical (unpaired) electrons. The average Bonchev–Trinajstić information content (AvgIpc) is 2.54. The molecular formula is C18H16N2O2. The molecule has 2 aromatic rings. The summed E-state index contributed by atoms with van der Waals surface area (Å²) in [4.78, 5) is 21.0. The van der Waals surface area contributed by atoms with E-state index in [-0.39, 0.29) is 5.78 Å². The lowest BCUT2D eigenvalue weighted by molar-refractivity contribution is -0.113. The third-order valence-corrected chi connectivity index (χ3v) is 3.51. The number of aromatic nitrogens is 2. The summed E-state index contributed by atoms with van der Waals surface area (Å²) in [5.74, 6) is -0.0402. The second-order valence-electron chi connectivity index (χ2n) is 5.24. The smallest absolute Gasteiger partial charge is 0.185 e. The van der Waals surface area contributed by atoms with Gasteiger partial charge in [-0.3, -0.25) is 14.8 Å². The van der Waals surface area contributed by atoms with Crippen LogP contribution in [-0.2, 0) is 4.79 Å². The van der Waals surface area contributed by atoms with Crippen LogP contribution in [0.1, 0.15) is 24.2 Å². The molecule has 0 amide bonds. The van der Waals surface area contributed by atoms with Gasteiger partial charge in [0.25, 0.3) is 0 Å². The molecule has 2 aromatic heterocycles. The number of rotatable bonds is 2. The van der Waals surface area contributed by atoms with Gasteiger partial charge in [-0.2, -0.15) is 0 Å². The molecule has 4 nitrogen and oxygen atoms in total. The Balaban J connectivity index is 1.92. The van der Waals surface area contributed by atoms with Crippen molar-refractivity contribution < 1.29 is 9.90 Å². The van der Waals surface area contributed by atoms with E-state index in [0.717, 1.165) is 11.4 Å². The molecule has 1 saturated carbocycles. The van der Waals surface area contributed by atoms with Crippen LogP contribution in [0.3, 0.4) is 0 Å². The molecule has 3 rings (SSSR count). The van der Waals surface area contributed by atoms with E-state index in [9.17, 15) is 9.90 Å². The Morgan fingerprint density at radius 1 is 0.909 bits per heavy atom. The minimum Gasteiger partial charge on any atom is -0.392 e. The van der Waals surface area contributed by atoms with Gasteiger partial charge in [-0.15, -0.1) is 0 Å². The first-order chi connectivity index (χ1) is 10.7. The Hall–Kier alpha value is -2.59. The molecule has 1 N–H and O–H groups in total. The van der Waals surface area contributed by atoms with Crippen molar-refractivity contribution >= 4 is 17.9 Å². The predicted molar refractivity (Wildman–Crippen MR) is 84.7 cm³/mol. The van der Waals surface area contributed by atoms with Crippen molar-refractivity contribution in [3.63, 3.8) is 0 Å². The Kier molecular flexibility index (Phi) is 4.21. The van der Waals surface area contributed by atoms with E-state index in [1.165, 1.54) is 0 Å². The zero-order valence-corrected chi connectivity index (χ0v) is 12.0. The van der Waals surface area contributed by atoms with Gasteiger partial charge < -0.3 is 5.11 Å². The molecule has 0 atom stereocenters. The number of carbonyl (C=O) groups is 1. The summed E-state index contributed by atoms with van der Waals surface area (Å²) in [7, 11) is 0. The first-order valence-corrected chi connectivity index (χ1v) is 7.18. The molecule has 1 fully saturated rings. The van der Waals surface area contributed by atoms with Crippen LogP contribution in [0.5, 0.6) is 0 Å². The molecule has 0 saturated heterocycles. The van der Waals surface area contributed by atoms with E-state index in [1.54, 1.807) is 24.5 Å². The average molecular weight is 292 g/mol. The first kappa shape index (κ1) is 14.4. The standard InChI is InChI=1S/C18H16N2O2/c21-17-11-13(9-15-5-1-3-7-19-15)18(22)14(12-17)10-16-6-2-4-8-20-16/h1-10,17,21H,11-12H2/b13-9+,14-10+. The molecule has 4 heteroatoms. The number of pyridine rings is 2. The van der Waals surface area contributed by atoms with Crippen molar-refractivity contribution in [3.05, 3.63) is 71.3 Å². The number of aliphatic hydroxyl groups excluding tert-OH is 1. The van der Waals surface area contributed by atoms with Crippen LogP contribution in [0.25, 0.3) is 12.2 Å². The fourth-order valence-corrected chi connectivity index (χ4v) is 2.50. The zero-order valence-electron chi connectivity index (χ0n) is 12.0. The molecular weight excluding hydrogens is 276 g/mol. The third-order valence-electron chi connectivity index (χ3n) is 3.51. The highest BCUT2D eigenvalue weighted by molar-refractivity contribution is 6.14. The summed E-state index contributed by atoms with van der Waals surface area (Å²) in [6.07, 6.45) is 7.02. The molecule has 110 valence electrons. The number of ketones is 1. The van der Waals surface area contributed by atoms with Crippen molar-refractivity contribution in [1.82, 2.24) is 9.97 Å². The van der Waals surface area contributed by atoms with Gasteiger partial charge in [-0.1, -0.05) is 12.1 Å². The summed E-state index contributed by atoms with van der Waals surface area (Å²) in [5.41, 5.74) is 2.61. The molecule has 1 aliphatic carbocycles.